The van der Waals surface area contributed by atoms with Gasteiger partial charge in [0.15, 0.2) is 0 Å². The summed E-state index contributed by atoms with van der Waals surface area (Å²) >= 11 is 5.61. The van der Waals surface area contributed by atoms with Crippen molar-refractivity contribution in [3.63, 3.8) is 0 Å². The largest absolute Gasteiger partial charge is 0.440 e. The summed E-state index contributed by atoms with van der Waals surface area (Å²) in [6, 6.07) is 9.36. The summed E-state index contributed by atoms with van der Waals surface area (Å²) in [5.41, 5.74) is 2.73. The quantitative estimate of drug-likeness (QED) is 0.371. The molecule has 80 valence electrons. The summed E-state index contributed by atoms with van der Waals surface area (Å²) in [6.45, 7) is 1.29. The van der Waals surface area contributed by atoms with E-state index in [0.29, 0.717) is 0 Å². The van der Waals surface area contributed by atoms with Crippen molar-refractivity contribution in [3.8, 4) is 0 Å². The second kappa shape index (κ2) is 6.03. The Balaban J connectivity index is 2.36. The predicted molar refractivity (Wildman–Crippen MR) is 60.0 cm³/mol. The van der Waals surface area contributed by atoms with E-state index in [9.17, 15) is 4.79 Å². The third-order valence-electron chi connectivity index (χ3n) is 1.44. The fourth-order valence-electron chi connectivity index (χ4n) is 0.872. The van der Waals surface area contributed by atoms with Crippen LogP contribution in [0.1, 0.15) is 6.92 Å². The fourth-order valence-corrected chi connectivity index (χ4v) is 1.05. The standard InChI is InChI=1S/C10H11ClN2O2/c1-8(14)15-10(11)7-12-13-9-5-3-2-4-6-9/h2-7,10,13H,1H3. The SMILES string of the molecule is CC(=O)OC(Cl)C=NNc1ccccc1. The van der Waals surface area contributed by atoms with Gasteiger partial charge in [0.2, 0.25) is 5.56 Å². The zero-order valence-corrected chi connectivity index (χ0v) is 8.94. The predicted octanol–water partition coefficient (Wildman–Crippen LogP) is 2.21. The molecule has 5 heteroatoms. The average Bonchev–Trinajstić information content (AvgIpc) is 2.18. The number of hydrogen-bond acceptors (Lipinski definition) is 4. The molecule has 4 nitrogen and oxygen atoms in total. The van der Waals surface area contributed by atoms with Crippen LogP contribution in [0.25, 0.3) is 0 Å². The maximum Gasteiger partial charge on any atom is 0.304 e. The van der Waals surface area contributed by atoms with Crippen molar-refractivity contribution in [1.82, 2.24) is 0 Å². The topological polar surface area (TPSA) is 50.7 Å². The van der Waals surface area contributed by atoms with Crippen molar-refractivity contribution in [2.24, 2.45) is 5.10 Å². The first-order valence-corrected chi connectivity index (χ1v) is 4.77. The number of hydrogen-bond donors (Lipinski definition) is 1. The summed E-state index contributed by atoms with van der Waals surface area (Å²) in [7, 11) is 0. The Kier molecular flexibility index (Phi) is 4.63. The zero-order chi connectivity index (χ0) is 11.1. The van der Waals surface area contributed by atoms with Gasteiger partial charge in [0.1, 0.15) is 0 Å². The number of carbonyl (C=O) groups is 1. The molecule has 1 unspecified atom stereocenters. The van der Waals surface area contributed by atoms with E-state index in [1.807, 2.05) is 30.3 Å². The van der Waals surface area contributed by atoms with Gasteiger partial charge in [-0.1, -0.05) is 29.8 Å². The van der Waals surface area contributed by atoms with E-state index < -0.39 is 11.5 Å². The van der Waals surface area contributed by atoms with Crippen molar-refractivity contribution in [3.05, 3.63) is 30.3 Å². The van der Waals surface area contributed by atoms with Crippen LogP contribution in [-0.4, -0.2) is 17.7 Å². The van der Waals surface area contributed by atoms with Gasteiger partial charge in [0, 0.05) is 6.92 Å². The normalized spacial score (nSPS) is 12.4. The van der Waals surface area contributed by atoms with Crippen LogP contribution in [0.15, 0.2) is 35.4 Å². The van der Waals surface area contributed by atoms with E-state index in [-0.39, 0.29) is 0 Å². The molecule has 0 fully saturated rings. The van der Waals surface area contributed by atoms with Crippen molar-refractivity contribution in [2.75, 3.05) is 5.43 Å². The van der Waals surface area contributed by atoms with Gasteiger partial charge in [-0.05, 0) is 12.1 Å². The molecule has 0 aliphatic heterocycles. The maximum absolute atomic E-state index is 10.5. The van der Waals surface area contributed by atoms with Gasteiger partial charge in [0.05, 0.1) is 11.9 Å². The fraction of sp³-hybridized carbons (Fsp3) is 0.200. The van der Waals surface area contributed by atoms with E-state index in [1.54, 1.807) is 0 Å². The first kappa shape index (κ1) is 11.5. The number of ether oxygens (including phenoxy) is 1. The lowest BCUT2D eigenvalue weighted by Gasteiger charge is -2.03. The van der Waals surface area contributed by atoms with E-state index in [2.05, 4.69) is 15.3 Å². The van der Waals surface area contributed by atoms with Gasteiger partial charge in [0.25, 0.3) is 0 Å². The lowest BCUT2D eigenvalue weighted by molar-refractivity contribution is -0.140. The Morgan fingerprint density at radius 3 is 2.80 bits per heavy atom. The second-order valence-corrected chi connectivity index (χ2v) is 3.15. The summed E-state index contributed by atoms with van der Waals surface area (Å²) < 4.78 is 4.63. The molecule has 1 atom stereocenters. The molecule has 0 aliphatic carbocycles. The third-order valence-corrected chi connectivity index (χ3v) is 1.64. The van der Waals surface area contributed by atoms with Gasteiger partial charge >= 0.3 is 5.97 Å². The molecule has 0 bridgehead atoms. The molecule has 0 radical (unpaired) electrons. The van der Waals surface area contributed by atoms with Crippen LogP contribution in [0.4, 0.5) is 5.69 Å². The molecular weight excluding hydrogens is 216 g/mol. The second-order valence-electron chi connectivity index (χ2n) is 2.72. The number of nitrogens with zero attached hydrogens (tertiary/aromatic N) is 1. The molecule has 0 heterocycles. The molecule has 1 N–H and O–H groups in total. The van der Waals surface area contributed by atoms with Gasteiger partial charge in [-0.25, -0.2) is 0 Å². The van der Waals surface area contributed by atoms with Crippen molar-refractivity contribution in [1.29, 1.82) is 0 Å². The van der Waals surface area contributed by atoms with Crippen molar-refractivity contribution >= 4 is 29.5 Å². The van der Waals surface area contributed by atoms with E-state index in [4.69, 9.17) is 11.6 Å². The molecule has 0 saturated heterocycles. The van der Waals surface area contributed by atoms with Crippen LogP contribution in [0.3, 0.4) is 0 Å². The zero-order valence-electron chi connectivity index (χ0n) is 8.18. The van der Waals surface area contributed by atoms with Crippen LogP contribution in [0, 0.1) is 0 Å². The van der Waals surface area contributed by atoms with Gasteiger partial charge < -0.3 is 4.74 Å². The Morgan fingerprint density at radius 1 is 1.53 bits per heavy atom. The molecule has 15 heavy (non-hydrogen) atoms. The average molecular weight is 227 g/mol. The number of benzene rings is 1. The highest BCUT2D eigenvalue weighted by molar-refractivity contribution is 6.27. The van der Waals surface area contributed by atoms with E-state index in [0.717, 1.165) is 5.69 Å². The molecule has 1 rings (SSSR count). The number of rotatable bonds is 4. The summed E-state index contributed by atoms with van der Waals surface area (Å²) in [6.07, 6.45) is 1.30. The number of halogens is 1. The highest BCUT2D eigenvalue weighted by atomic mass is 35.5. The van der Waals surface area contributed by atoms with Gasteiger partial charge in [-0.15, -0.1) is 0 Å². The molecule has 1 aromatic rings. The van der Waals surface area contributed by atoms with Gasteiger partial charge in [-0.3, -0.25) is 10.2 Å². The van der Waals surface area contributed by atoms with Crippen LogP contribution in [0.2, 0.25) is 0 Å². The van der Waals surface area contributed by atoms with Crippen LogP contribution < -0.4 is 5.43 Å². The van der Waals surface area contributed by atoms with Crippen molar-refractivity contribution < 1.29 is 9.53 Å². The number of esters is 1. The first-order chi connectivity index (χ1) is 7.18. The van der Waals surface area contributed by atoms with Gasteiger partial charge in [-0.2, -0.15) is 5.10 Å². The maximum atomic E-state index is 10.5. The Bertz CT molecular complexity index is 341. The Hall–Kier alpha value is -1.55. The smallest absolute Gasteiger partial charge is 0.304 e. The number of hydrazone groups is 1. The van der Waals surface area contributed by atoms with Crippen LogP contribution in [-0.2, 0) is 9.53 Å². The van der Waals surface area contributed by atoms with E-state index >= 15 is 0 Å². The molecule has 1 aromatic carbocycles. The number of carbonyl (C=O) groups excluding carboxylic acids is 1. The molecule has 0 aliphatic rings. The molecule has 0 amide bonds. The van der Waals surface area contributed by atoms with Crippen LogP contribution in [0.5, 0.6) is 0 Å². The number of anilines is 1. The summed E-state index contributed by atoms with van der Waals surface area (Å²) in [5.74, 6) is -0.443. The number of para-hydroxylation sites is 1. The molecule has 0 aromatic heterocycles. The minimum atomic E-state index is -0.848. The Morgan fingerprint density at radius 2 is 2.20 bits per heavy atom. The molecule has 0 spiro atoms. The lowest BCUT2D eigenvalue weighted by atomic mass is 10.3. The van der Waals surface area contributed by atoms with E-state index in [1.165, 1.54) is 13.1 Å². The highest BCUT2D eigenvalue weighted by Gasteiger charge is 2.02. The number of alkyl halides is 1. The summed E-state index contributed by atoms with van der Waals surface area (Å²) in [4.78, 5) is 10.5. The number of nitrogens with one attached hydrogen (secondary N) is 1. The molecule has 0 saturated carbocycles. The van der Waals surface area contributed by atoms with Crippen molar-refractivity contribution in [2.45, 2.75) is 12.5 Å². The Labute approximate surface area is 92.9 Å². The monoisotopic (exact) mass is 226 g/mol. The van der Waals surface area contributed by atoms with Crippen LogP contribution >= 0.6 is 11.6 Å². The first-order valence-electron chi connectivity index (χ1n) is 4.34. The lowest BCUT2D eigenvalue weighted by Crippen LogP contribution is -2.11. The minimum Gasteiger partial charge on any atom is -0.440 e. The molecular formula is C10H11ClN2O2. The highest BCUT2D eigenvalue weighted by Crippen LogP contribution is 2.04. The third kappa shape index (κ3) is 5.02. The minimum absolute atomic E-state index is 0.443. The summed E-state index contributed by atoms with van der Waals surface area (Å²) in [5, 5.41) is 3.81.